The zero-order valence-corrected chi connectivity index (χ0v) is 20.9. The first-order valence-electron chi connectivity index (χ1n) is 12.2. The maximum atomic E-state index is 12.9. The Bertz CT molecular complexity index is 1330. The van der Waals surface area contributed by atoms with Gasteiger partial charge in [0.15, 0.2) is 5.65 Å². The van der Waals surface area contributed by atoms with Crippen LogP contribution in [0.1, 0.15) is 62.7 Å². The SMILES string of the molecule is Cc1nc2cnc(C3=CC4CCC(C3)N4C(=O)OC(C)(C)C)cn2c1Cc1ccccc1OC(F)F. The van der Waals surface area contributed by atoms with Crippen molar-refractivity contribution >= 4 is 17.3 Å². The van der Waals surface area contributed by atoms with Crippen LogP contribution < -0.4 is 4.74 Å². The van der Waals surface area contributed by atoms with Crippen LogP contribution in [0.15, 0.2) is 42.7 Å². The number of benzene rings is 1. The summed E-state index contributed by atoms with van der Waals surface area (Å²) in [4.78, 5) is 23.9. The van der Waals surface area contributed by atoms with Gasteiger partial charge in [-0.3, -0.25) is 9.88 Å². The minimum Gasteiger partial charge on any atom is -0.444 e. The predicted molar refractivity (Wildman–Crippen MR) is 131 cm³/mol. The number of para-hydroxylation sites is 1. The number of carbonyl (C=O) groups is 1. The number of rotatable bonds is 5. The molecule has 3 aromatic rings. The molecule has 2 aliphatic rings. The Labute approximate surface area is 208 Å². The maximum absolute atomic E-state index is 12.9. The molecular weight excluding hydrogens is 466 g/mol. The lowest BCUT2D eigenvalue weighted by Gasteiger charge is -2.35. The van der Waals surface area contributed by atoms with E-state index in [9.17, 15) is 13.6 Å². The monoisotopic (exact) mass is 496 g/mol. The van der Waals surface area contributed by atoms with Crippen LogP contribution in [0.25, 0.3) is 11.2 Å². The smallest absolute Gasteiger partial charge is 0.411 e. The number of amides is 1. The van der Waals surface area contributed by atoms with E-state index in [1.807, 2.05) is 43.2 Å². The first kappa shape index (κ1) is 24.2. The van der Waals surface area contributed by atoms with E-state index in [2.05, 4.69) is 16.0 Å². The molecule has 1 fully saturated rings. The Hall–Kier alpha value is -3.49. The van der Waals surface area contributed by atoms with E-state index in [4.69, 9.17) is 9.47 Å². The third-order valence-electron chi connectivity index (χ3n) is 6.68. The second-order valence-corrected chi connectivity index (χ2v) is 10.4. The van der Waals surface area contributed by atoms with Crippen molar-refractivity contribution in [3.63, 3.8) is 0 Å². The summed E-state index contributed by atoms with van der Waals surface area (Å²) in [6, 6.07) is 6.86. The van der Waals surface area contributed by atoms with Crippen molar-refractivity contribution in [3.05, 3.63) is 65.4 Å². The normalized spacial score (nSPS) is 19.6. The summed E-state index contributed by atoms with van der Waals surface area (Å²) in [5.41, 5.74) is 4.39. The molecule has 2 atom stereocenters. The minimum absolute atomic E-state index is 0.0199. The summed E-state index contributed by atoms with van der Waals surface area (Å²) in [5, 5.41) is 0. The molecule has 4 heterocycles. The molecule has 0 radical (unpaired) electrons. The van der Waals surface area contributed by atoms with Crippen LogP contribution in [-0.4, -0.2) is 49.7 Å². The van der Waals surface area contributed by atoms with Gasteiger partial charge in [-0.2, -0.15) is 8.78 Å². The Morgan fingerprint density at radius 3 is 2.72 bits per heavy atom. The number of alkyl halides is 2. The first-order chi connectivity index (χ1) is 17.1. The average Bonchev–Trinajstić information content (AvgIpc) is 3.25. The van der Waals surface area contributed by atoms with Gasteiger partial charge in [0.2, 0.25) is 0 Å². The fraction of sp³-hybridized carbons (Fsp3) is 0.444. The number of fused-ring (bicyclic) bond motifs is 3. The summed E-state index contributed by atoms with van der Waals surface area (Å²) in [5.74, 6) is 0.157. The number of aromatic nitrogens is 3. The van der Waals surface area contributed by atoms with Crippen molar-refractivity contribution in [3.8, 4) is 5.75 Å². The molecular formula is C27H30F2N4O3. The standard InChI is InChI=1S/C27H30F2N4O3/c1-16-22(13-17-7-5-6-8-23(17)35-25(28)29)32-15-21(30-14-24(32)31-16)18-11-19-9-10-20(12-18)33(19)26(34)36-27(2,3)4/h5-8,11,14-15,19-20,25H,9-10,12-13H2,1-4H3. The van der Waals surface area contributed by atoms with Gasteiger partial charge in [-0.05, 0) is 58.6 Å². The molecule has 0 spiro atoms. The van der Waals surface area contributed by atoms with E-state index < -0.39 is 12.2 Å². The molecule has 7 nitrogen and oxygen atoms in total. The molecule has 2 aromatic heterocycles. The summed E-state index contributed by atoms with van der Waals surface area (Å²) in [7, 11) is 0. The topological polar surface area (TPSA) is 69.0 Å². The van der Waals surface area contributed by atoms with Crippen molar-refractivity contribution in [1.29, 1.82) is 0 Å². The van der Waals surface area contributed by atoms with Crippen LogP contribution in [0, 0.1) is 6.92 Å². The third kappa shape index (κ3) is 4.79. The van der Waals surface area contributed by atoms with E-state index >= 15 is 0 Å². The van der Waals surface area contributed by atoms with Crippen molar-refractivity contribution in [2.45, 2.75) is 77.7 Å². The Balaban J connectivity index is 1.45. The summed E-state index contributed by atoms with van der Waals surface area (Å²) >= 11 is 0. The van der Waals surface area contributed by atoms with Gasteiger partial charge >= 0.3 is 12.7 Å². The number of ether oxygens (including phenoxy) is 2. The number of nitrogens with zero attached hydrogens (tertiary/aromatic N) is 4. The lowest BCUT2D eigenvalue weighted by Crippen LogP contribution is -2.45. The Morgan fingerprint density at radius 2 is 2.00 bits per heavy atom. The highest BCUT2D eigenvalue weighted by Crippen LogP contribution is 2.39. The third-order valence-corrected chi connectivity index (χ3v) is 6.68. The molecule has 1 aromatic carbocycles. The second kappa shape index (κ2) is 9.19. The molecule has 1 saturated heterocycles. The molecule has 36 heavy (non-hydrogen) atoms. The molecule has 0 aliphatic carbocycles. The van der Waals surface area contributed by atoms with Crippen LogP contribution in [0.5, 0.6) is 5.75 Å². The molecule has 0 saturated carbocycles. The highest BCUT2D eigenvalue weighted by atomic mass is 19.3. The molecule has 2 unspecified atom stereocenters. The van der Waals surface area contributed by atoms with Crippen LogP contribution in [0.2, 0.25) is 0 Å². The van der Waals surface area contributed by atoms with E-state index in [0.717, 1.165) is 35.5 Å². The minimum atomic E-state index is -2.89. The molecule has 5 rings (SSSR count). The molecule has 2 aliphatic heterocycles. The quantitative estimate of drug-likeness (QED) is 0.448. The number of hydrogen-bond donors (Lipinski definition) is 0. The zero-order valence-electron chi connectivity index (χ0n) is 20.9. The molecule has 0 N–H and O–H groups in total. The highest BCUT2D eigenvalue weighted by Gasteiger charge is 2.42. The zero-order chi connectivity index (χ0) is 25.6. The van der Waals surface area contributed by atoms with Gasteiger partial charge in [0, 0.05) is 24.2 Å². The van der Waals surface area contributed by atoms with Crippen LogP contribution in [-0.2, 0) is 11.2 Å². The van der Waals surface area contributed by atoms with Crippen molar-refractivity contribution < 1.29 is 23.0 Å². The van der Waals surface area contributed by atoms with Gasteiger partial charge in [0.25, 0.3) is 0 Å². The number of imidazole rings is 1. The first-order valence-corrected chi connectivity index (χ1v) is 12.2. The average molecular weight is 497 g/mol. The van der Waals surface area contributed by atoms with Crippen LogP contribution >= 0.6 is 0 Å². The van der Waals surface area contributed by atoms with E-state index in [0.29, 0.717) is 24.1 Å². The van der Waals surface area contributed by atoms with Gasteiger partial charge in [-0.15, -0.1) is 0 Å². The highest BCUT2D eigenvalue weighted by molar-refractivity contribution is 5.74. The van der Waals surface area contributed by atoms with Gasteiger partial charge in [0.05, 0.1) is 29.3 Å². The molecule has 9 heteroatoms. The van der Waals surface area contributed by atoms with Crippen molar-refractivity contribution in [2.75, 3.05) is 0 Å². The predicted octanol–water partition coefficient (Wildman–Crippen LogP) is 5.79. The number of hydrogen-bond acceptors (Lipinski definition) is 5. The number of aryl methyl sites for hydroxylation is 1. The summed E-state index contributed by atoms with van der Waals surface area (Å²) < 4.78 is 38.2. The van der Waals surface area contributed by atoms with E-state index in [1.54, 1.807) is 30.5 Å². The fourth-order valence-corrected chi connectivity index (χ4v) is 5.16. The summed E-state index contributed by atoms with van der Waals surface area (Å²) in [6.45, 7) is 4.64. The fourth-order valence-electron chi connectivity index (χ4n) is 5.16. The van der Waals surface area contributed by atoms with Gasteiger partial charge in [-0.1, -0.05) is 24.3 Å². The molecule has 1 amide bonds. The lowest BCUT2D eigenvalue weighted by molar-refractivity contribution is -0.0504. The lowest BCUT2D eigenvalue weighted by atomic mass is 9.99. The maximum Gasteiger partial charge on any atom is 0.411 e. The van der Waals surface area contributed by atoms with Gasteiger partial charge in [-0.25, -0.2) is 9.78 Å². The Kier molecular flexibility index (Phi) is 6.18. The van der Waals surface area contributed by atoms with Gasteiger partial charge < -0.3 is 13.9 Å². The van der Waals surface area contributed by atoms with E-state index in [1.165, 1.54) is 0 Å². The van der Waals surface area contributed by atoms with Crippen LogP contribution in [0.3, 0.4) is 0 Å². The van der Waals surface area contributed by atoms with E-state index in [-0.39, 0.29) is 23.9 Å². The molecule has 2 bridgehead atoms. The summed E-state index contributed by atoms with van der Waals surface area (Å²) in [6.07, 6.45) is 8.43. The number of halogens is 2. The van der Waals surface area contributed by atoms with Gasteiger partial charge in [0.1, 0.15) is 11.4 Å². The number of carbonyl (C=O) groups excluding carboxylic acids is 1. The second-order valence-electron chi connectivity index (χ2n) is 10.4. The Morgan fingerprint density at radius 1 is 1.22 bits per heavy atom. The van der Waals surface area contributed by atoms with Crippen molar-refractivity contribution in [2.24, 2.45) is 0 Å². The largest absolute Gasteiger partial charge is 0.444 e. The van der Waals surface area contributed by atoms with Crippen molar-refractivity contribution in [1.82, 2.24) is 19.3 Å². The molecule has 190 valence electrons. The van der Waals surface area contributed by atoms with Crippen LogP contribution in [0.4, 0.5) is 13.6 Å².